The van der Waals surface area contributed by atoms with Gasteiger partial charge < -0.3 is 9.47 Å². The molecule has 0 aromatic heterocycles. The molecular weight excluding hydrogens is 202 g/mol. The normalized spacial score (nSPS) is 24.0. The van der Waals surface area contributed by atoms with Crippen LogP contribution in [0.5, 0.6) is 11.5 Å². The molecule has 0 spiro atoms. The number of hydrogen-bond donors (Lipinski definition) is 0. The molecule has 0 aliphatic carbocycles. The second-order valence-electron chi connectivity index (χ2n) is 4.60. The maximum atomic E-state index is 5.63. The molecule has 1 unspecified atom stereocenters. The van der Waals surface area contributed by atoms with Crippen LogP contribution < -0.4 is 9.47 Å². The van der Waals surface area contributed by atoms with Gasteiger partial charge in [0, 0.05) is 12.6 Å². The smallest absolute Gasteiger partial charge is 0.161 e. The highest BCUT2D eigenvalue weighted by Crippen LogP contribution is 2.38. The van der Waals surface area contributed by atoms with Gasteiger partial charge in [-0.3, -0.25) is 4.90 Å². The van der Waals surface area contributed by atoms with Gasteiger partial charge in [0.1, 0.15) is 13.2 Å². The first-order valence-electron chi connectivity index (χ1n) is 5.88. The third-order valence-electron chi connectivity index (χ3n) is 3.65. The van der Waals surface area contributed by atoms with Crippen LogP contribution in [0.4, 0.5) is 0 Å². The van der Waals surface area contributed by atoms with Crippen LogP contribution in [-0.4, -0.2) is 31.7 Å². The number of likely N-dealkylation sites (N-methyl/N-ethyl adjacent to an activating group) is 1. The Balaban J connectivity index is 2.06. The van der Waals surface area contributed by atoms with Gasteiger partial charge in [0.2, 0.25) is 0 Å². The van der Waals surface area contributed by atoms with Crippen LogP contribution in [0, 0.1) is 0 Å². The van der Waals surface area contributed by atoms with Gasteiger partial charge in [-0.05, 0) is 43.7 Å². The first-order valence-corrected chi connectivity index (χ1v) is 5.88. The summed E-state index contributed by atoms with van der Waals surface area (Å²) in [4.78, 5) is 2.37. The molecule has 2 aliphatic heterocycles. The Kier molecular flexibility index (Phi) is 2.28. The van der Waals surface area contributed by atoms with Gasteiger partial charge in [-0.1, -0.05) is 0 Å². The van der Waals surface area contributed by atoms with Gasteiger partial charge >= 0.3 is 0 Å². The van der Waals surface area contributed by atoms with E-state index in [2.05, 4.69) is 31.0 Å². The summed E-state index contributed by atoms with van der Waals surface area (Å²) in [5, 5.41) is 0. The Hall–Kier alpha value is -1.22. The quantitative estimate of drug-likeness (QED) is 0.666. The van der Waals surface area contributed by atoms with Crippen molar-refractivity contribution < 1.29 is 9.47 Å². The average Bonchev–Trinajstić information content (AvgIpc) is 2.32. The van der Waals surface area contributed by atoms with Crippen LogP contribution in [-0.2, 0) is 6.42 Å². The van der Waals surface area contributed by atoms with Crippen molar-refractivity contribution in [3.63, 3.8) is 0 Å². The number of benzene rings is 1. The number of fused-ring (bicyclic) bond motifs is 2. The number of ether oxygens (including phenoxy) is 2. The van der Waals surface area contributed by atoms with Crippen molar-refractivity contribution >= 4 is 0 Å². The topological polar surface area (TPSA) is 21.7 Å². The van der Waals surface area contributed by atoms with E-state index in [4.69, 9.17) is 9.47 Å². The molecular formula is C13H17NO2. The van der Waals surface area contributed by atoms with E-state index in [1.54, 1.807) is 0 Å². The number of rotatable bonds is 0. The lowest BCUT2D eigenvalue weighted by Gasteiger charge is -2.33. The van der Waals surface area contributed by atoms with Gasteiger partial charge in [-0.25, -0.2) is 0 Å². The number of hydrogen-bond acceptors (Lipinski definition) is 3. The van der Waals surface area contributed by atoms with E-state index < -0.39 is 0 Å². The van der Waals surface area contributed by atoms with Gasteiger partial charge in [0.15, 0.2) is 11.5 Å². The van der Waals surface area contributed by atoms with Crippen molar-refractivity contribution in [1.82, 2.24) is 4.90 Å². The van der Waals surface area contributed by atoms with E-state index in [9.17, 15) is 0 Å². The third kappa shape index (κ3) is 1.47. The second-order valence-corrected chi connectivity index (χ2v) is 4.60. The van der Waals surface area contributed by atoms with Crippen LogP contribution in [0.25, 0.3) is 0 Å². The van der Waals surface area contributed by atoms with E-state index in [1.165, 1.54) is 11.1 Å². The largest absolute Gasteiger partial charge is 0.486 e. The molecule has 1 aromatic rings. The highest BCUT2D eigenvalue weighted by atomic mass is 16.6. The molecule has 0 amide bonds. The van der Waals surface area contributed by atoms with E-state index >= 15 is 0 Å². The highest BCUT2D eigenvalue weighted by Gasteiger charge is 2.24. The molecule has 2 heterocycles. The van der Waals surface area contributed by atoms with E-state index in [-0.39, 0.29) is 0 Å². The van der Waals surface area contributed by atoms with Gasteiger partial charge in [0.05, 0.1) is 0 Å². The standard InChI is InChI=1S/C13H17NO2/c1-9-11-8-13-12(15-5-6-16-13)7-10(11)3-4-14(9)2/h7-9H,3-6H2,1-2H3. The zero-order valence-corrected chi connectivity index (χ0v) is 9.82. The van der Waals surface area contributed by atoms with Crippen LogP contribution in [0.3, 0.4) is 0 Å². The molecule has 3 nitrogen and oxygen atoms in total. The fourth-order valence-corrected chi connectivity index (χ4v) is 2.48. The molecule has 0 saturated carbocycles. The summed E-state index contributed by atoms with van der Waals surface area (Å²) >= 11 is 0. The first kappa shape index (κ1) is 9.97. The maximum absolute atomic E-state index is 5.63. The summed E-state index contributed by atoms with van der Waals surface area (Å²) in [6, 6.07) is 4.79. The van der Waals surface area contributed by atoms with Gasteiger partial charge in [-0.2, -0.15) is 0 Å². The minimum Gasteiger partial charge on any atom is -0.486 e. The van der Waals surface area contributed by atoms with Gasteiger partial charge in [0.25, 0.3) is 0 Å². The van der Waals surface area contributed by atoms with Crippen LogP contribution >= 0.6 is 0 Å². The Morgan fingerprint density at radius 3 is 2.62 bits per heavy atom. The van der Waals surface area contributed by atoms with Crippen molar-refractivity contribution in [1.29, 1.82) is 0 Å². The molecule has 0 fully saturated rings. The molecule has 1 aromatic carbocycles. The maximum Gasteiger partial charge on any atom is 0.161 e. The van der Waals surface area contributed by atoms with Crippen molar-refractivity contribution in [3.8, 4) is 11.5 Å². The predicted molar refractivity (Wildman–Crippen MR) is 62.2 cm³/mol. The van der Waals surface area contributed by atoms with Crippen LogP contribution in [0.1, 0.15) is 24.1 Å². The molecule has 0 radical (unpaired) electrons. The van der Waals surface area contributed by atoms with Crippen molar-refractivity contribution in [3.05, 3.63) is 23.3 Å². The fourth-order valence-electron chi connectivity index (χ4n) is 2.48. The van der Waals surface area contributed by atoms with E-state index in [1.807, 2.05) is 0 Å². The Labute approximate surface area is 96.0 Å². The molecule has 3 heteroatoms. The second kappa shape index (κ2) is 3.67. The van der Waals surface area contributed by atoms with Gasteiger partial charge in [-0.15, -0.1) is 0 Å². The zero-order valence-electron chi connectivity index (χ0n) is 9.82. The summed E-state index contributed by atoms with van der Waals surface area (Å²) in [6.45, 7) is 4.69. The number of nitrogens with zero attached hydrogens (tertiary/aromatic N) is 1. The van der Waals surface area contributed by atoms with Crippen molar-refractivity contribution in [2.75, 3.05) is 26.8 Å². The first-order chi connectivity index (χ1) is 7.75. The Morgan fingerprint density at radius 2 is 1.88 bits per heavy atom. The summed E-state index contributed by atoms with van der Waals surface area (Å²) in [6.07, 6.45) is 1.10. The molecule has 86 valence electrons. The summed E-state index contributed by atoms with van der Waals surface area (Å²) in [7, 11) is 2.17. The molecule has 0 bridgehead atoms. The lowest BCUT2D eigenvalue weighted by atomic mass is 9.93. The molecule has 0 saturated heterocycles. The Morgan fingerprint density at radius 1 is 1.19 bits per heavy atom. The monoisotopic (exact) mass is 219 g/mol. The SMILES string of the molecule is CC1c2cc3c(cc2CCN1C)OCCO3. The molecule has 1 atom stereocenters. The third-order valence-corrected chi connectivity index (χ3v) is 3.65. The average molecular weight is 219 g/mol. The lowest BCUT2D eigenvalue weighted by molar-refractivity contribution is 0.169. The predicted octanol–water partition coefficient (Wildman–Crippen LogP) is 2.01. The molecule has 3 rings (SSSR count). The summed E-state index contributed by atoms with van der Waals surface area (Å²) in [5.74, 6) is 1.83. The van der Waals surface area contributed by atoms with Crippen LogP contribution in [0.15, 0.2) is 12.1 Å². The minimum absolute atomic E-state index is 0.472. The zero-order chi connectivity index (χ0) is 11.1. The summed E-state index contributed by atoms with van der Waals surface area (Å²) in [5.41, 5.74) is 2.80. The molecule has 0 N–H and O–H groups in total. The molecule has 16 heavy (non-hydrogen) atoms. The van der Waals surface area contributed by atoms with Crippen LogP contribution in [0.2, 0.25) is 0 Å². The van der Waals surface area contributed by atoms with Crippen molar-refractivity contribution in [2.45, 2.75) is 19.4 Å². The highest BCUT2D eigenvalue weighted by molar-refractivity contribution is 5.49. The summed E-state index contributed by atoms with van der Waals surface area (Å²) < 4.78 is 11.2. The van der Waals surface area contributed by atoms with E-state index in [0.29, 0.717) is 19.3 Å². The fraction of sp³-hybridized carbons (Fsp3) is 0.538. The minimum atomic E-state index is 0.472. The van der Waals surface area contributed by atoms with Crippen molar-refractivity contribution in [2.24, 2.45) is 0 Å². The lowest BCUT2D eigenvalue weighted by Crippen LogP contribution is -2.30. The van der Waals surface area contributed by atoms with E-state index in [0.717, 1.165) is 24.5 Å². The Bertz CT molecular complexity index is 417. The molecule has 2 aliphatic rings.